The van der Waals surface area contributed by atoms with Gasteiger partial charge < -0.3 is 10.2 Å². The molecule has 30 heavy (non-hydrogen) atoms. The minimum absolute atomic E-state index is 0.00972. The Bertz CT molecular complexity index is 854. The van der Waals surface area contributed by atoms with Crippen LogP contribution in [-0.4, -0.2) is 28.8 Å². The van der Waals surface area contributed by atoms with Gasteiger partial charge >= 0.3 is 0 Å². The summed E-state index contributed by atoms with van der Waals surface area (Å²) in [7, 11) is 0. The van der Waals surface area contributed by atoms with E-state index in [0.717, 1.165) is 6.42 Å². The zero-order valence-corrected chi connectivity index (χ0v) is 18.9. The molecule has 1 N–H and O–H groups in total. The fraction of sp³-hybridized carbons (Fsp3) is 0.391. The van der Waals surface area contributed by atoms with Gasteiger partial charge in [0.15, 0.2) is 0 Å². The molecule has 2 atom stereocenters. The van der Waals surface area contributed by atoms with Crippen LogP contribution in [0.5, 0.6) is 0 Å². The summed E-state index contributed by atoms with van der Waals surface area (Å²) in [6.07, 6.45) is 1.25. The maximum atomic E-state index is 13.3. The average molecular weight is 453 g/mol. The number of hydrogen-bond donors (Lipinski definition) is 1. The summed E-state index contributed by atoms with van der Waals surface area (Å²) in [5.74, 6) is -0.850. The van der Waals surface area contributed by atoms with E-state index in [9.17, 15) is 14.0 Å². The molecule has 0 aromatic heterocycles. The first kappa shape index (κ1) is 24.2. The topological polar surface area (TPSA) is 49.4 Å². The standard InChI is InChI=1S/C23H27Cl2FN2O2/c1-4-15(3)27-23(30)21(5-2)28(14-18-19(24)7-6-8-20(18)25)22(29)13-16-9-11-17(26)12-10-16/h6-12,15,21H,4-5,13-14H2,1-3H3,(H,27,30)/t15-,21-/m1/s1. The summed E-state index contributed by atoms with van der Waals surface area (Å²) >= 11 is 12.7. The Morgan fingerprint density at radius 2 is 1.63 bits per heavy atom. The molecule has 162 valence electrons. The Balaban J connectivity index is 2.35. The Hall–Kier alpha value is -2.11. The molecule has 0 spiro atoms. The van der Waals surface area contributed by atoms with Crippen molar-refractivity contribution in [1.29, 1.82) is 0 Å². The van der Waals surface area contributed by atoms with Gasteiger partial charge in [0, 0.05) is 28.2 Å². The van der Waals surface area contributed by atoms with E-state index < -0.39 is 6.04 Å². The molecule has 0 saturated carbocycles. The molecule has 0 saturated heterocycles. The first-order valence-electron chi connectivity index (χ1n) is 10.0. The van der Waals surface area contributed by atoms with Crippen LogP contribution in [0.2, 0.25) is 10.0 Å². The quantitative estimate of drug-likeness (QED) is 0.553. The van der Waals surface area contributed by atoms with Crippen LogP contribution in [0, 0.1) is 5.82 Å². The van der Waals surface area contributed by atoms with E-state index in [1.807, 2.05) is 20.8 Å². The summed E-state index contributed by atoms with van der Waals surface area (Å²) in [5, 5.41) is 3.81. The van der Waals surface area contributed by atoms with E-state index in [2.05, 4.69) is 5.32 Å². The van der Waals surface area contributed by atoms with Crippen LogP contribution in [0.3, 0.4) is 0 Å². The van der Waals surface area contributed by atoms with Crippen LogP contribution in [0.25, 0.3) is 0 Å². The second-order valence-corrected chi connectivity index (χ2v) is 8.08. The summed E-state index contributed by atoms with van der Waals surface area (Å²) < 4.78 is 13.2. The van der Waals surface area contributed by atoms with Crippen LogP contribution in [-0.2, 0) is 22.6 Å². The number of rotatable bonds is 9. The summed E-state index contributed by atoms with van der Waals surface area (Å²) in [6, 6.07) is 10.2. The van der Waals surface area contributed by atoms with Crippen molar-refractivity contribution in [1.82, 2.24) is 10.2 Å². The molecule has 0 aliphatic heterocycles. The molecule has 2 aromatic carbocycles. The zero-order chi connectivity index (χ0) is 22.3. The molecule has 2 amide bonds. The highest BCUT2D eigenvalue weighted by atomic mass is 35.5. The molecule has 0 heterocycles. The highest BCUT2D eigenvalue weighted by Gasteiger charge is 2.30. The minimum atomic E-state index is -0.681. The molecule has 0 radical (unpaired) electrons. The molecule has 0 aliphatic rings. The summed E-state index contributed by atoms with van der Waals surface area (Å²) in [4.78, 5) is 27.7. The average Bonchev–Trinajstić information content (AvgIpc) is 2.71. The molecular weight excluding hydrogens is 426 g/mol. The molecule has 0 fully saturated rings. The van der Waals surface area contributed by atoms with E-state index in [0.29, 0.717) is 27.6 Å². The Kier molecular flexibility index (Phi) is 9.12. The van der Waals surface area contributed by atoms with Crippen LogP contribution in [0.1, 0.15) is 44.7 Å². The van der Waals surface area contributed by atoms with Crippen molar-refractivity contribution >= 4 is 35.0 Å². The maximum absolute atomic E-state index is 13.3. The number of nitrogens with one attached hydrogen (secondary N) is 1. The first-order valence-corrected chi connectivity index (χ1v) is 10.8. The normalized spacial score (nSPS) is 12.9. The number of benzene rings is 2. The van der Waals surface area contributed by atoms with Gasteiger partial charge in [-0.3, -0.25) is 9.59 Å². The van der Waals surface area contributed by atoms with Gasteiger partial charge in [0.2, 0.25) is 11.8 Å². The molecule has 2 aromatic rings. The van der Waals surface area contributed by atoms with E-state index in [-0.39, 0.29) is 36.6 Å². The third-order valence-electron chi connectivity index (χ3n) is 5.05. The molecule has 7 heteroatoms. The van der Waals surface area contributed by atoms with Crippen molar-refractivity contribution in [2.75, 3.05) is 0 Å². The third-order valence-corrected chi connectivity index (χ3v) is 5.75. The summed E-state index contributed by atoms with van der Waals surface area (Å²) in [5.41, 5.74) is 1.25. The largest absolute Gasteiger partial charge is 0.352 e. The van der Waals surface area contributed by atoms with Crippen molar-refractivity contribution < 1.29 is 14.0 Å². The second kappa shape index (κ2) is 11.3. The van der Waals surface area contributed by atoms with Crippen LogP contribution in [0.4, 0.5) is 4.39 Å². The number of carbonyl (C=O) groups is 2. The van der Waals surface area contributed by atoms with Crippen molar-refractivity contribution in [3.8, 4) is 0 Å². The Morgan fingerprint density at radius 1 is 1.03 bits per heavy atom. The predicted molar refractivity (Wildman–Crippen MR) is 119 cm³/mol. The van der Waals surface area contributed by atoms with Gasteiger partial charge in [-0.1, -0.05) is 55.2 Å². The SMILES string of the molecule is CC[C@@H](C)NC(=O)[C@@H](CC)N(Cc1c(Cl)cccc1Cl)C(=O)Cc1ccc(F)cc1. The molecule has 2 rings (SSSR count). The number of carbonyl (C=O) groups excluding carboxylic acids is 2. The predicted octanol–water partition coefficient (Wildman–Crippen LogP) is 5.40. The highest BCUT2D eigenvalue weighted by Crippen LogP contribution is 2.27. The fourth-order valence-corrected chi connectivity index (χ4v) is 3.61. The van der Waals surface area contributed by atoms with Gasteiger partial charge in [-0.25, -0.2) is 4.39 Å². The van der Waals surface area contributed by atoms with Gasteiger partial charge in [0.1, 0.15) is 11.9 Å². The lowest BCUT2D eigenvalue weighted by atomic mass is 10.1. The van der Waals surface area contributed by atoms with Crippen molar-refractivity contribution in [3.05, 3.63) is 69.5 Å². The van der Waals surface area contributed by atoms with Gasteiger partial charge in [-0.15, -0.1) is 0 Å². The van der Waals surface area contributed by atoms with Crippen LogP contribution in [0.15, 0.2) is 42.5 Å². The smallest absolute Gasteiger partial charge is 0.243 e. The first-order chi connectivity index (χ1) is 14.3. The third kappa shape index (κ3) is 6.44. The lowest BCUT2D eigenvalue weighted by Gasteiger charge is -2.32. The molecule has 0 bridgehead atoms. The molecule has 4 nitrogen and oxygen atoms in total. The Labute approximate surface area is 187 Å². The molecular formula is C23H27Cl2FN2O2. The van der Waals surface area contributed by atoms with Crippen molar-refractivity contribution in [3.63, 3.8) is 0 Å². The minimum Gasteiger partial charge on any atom is -0.352 e. The number of halogens is 3. The molecule has 0 aliphatic carbocycles. The van der Waals surface area contributed by atoms with Gasteiger partial charge in [0.05, 0.1) is 6.42 Å². The van der Waals surface area contributed by atoms with Gasteiger partial charge in [-0.05, 0) is 49.6 Å². The summed E-state index contributed by atoms with van der Waals surface area (Å²) in [6.45, 7) is 5.85. The second-order valence-electron chi connectivity index (χ2n) is 7.27. The number of amides is 2. The monoisotopic (exact) mass is 452 g/mol. The van der Waals surface area contributed by atoms with Crippen molar-refractivity contribution in [2.24, 2.45) is 0 Å². The maximum Gasteiger partial charge on any atom is 0.243 e. The van der Waals surface area contributed by atoms with E-state index >= 15 is 0 Å². The van der Waals surface area contributed by atoms with Crippen molar-refractivity contribution in [2.45, 2.75) is 58.7 Å². The fourth-order valence-electron chi connectivity index (χ4n) is 3.09. The molecule has 0 unspecified atom stereocenters. The van der Waals surface area contributed by atoms with Crippen LogP contribution >= 0.6 is 23.2 Å². The zero-order valence-electron chi connectivity index (χ0n) is 17.4. The van der Waals surface area contributed by atoms with Crippen LogP contribution < -0.4 is 5.32 Å². The Morgan fingerprint density at radius 3 is 2.17 bits per heavy atom. The highest BCUT2D eigenvalue weighted by molar-refractivity contribution is 6.36. The van der Waals surface area contributed by atoms with E-state index in [4.69, 9.17) is 23.2 Å². The van der Waals surface area contributed by atoms with E-state index in [1.54, 1.807) is 30.3 Å². The van der Waals surface area contributed by atoms with Gasteiger partial charge in [-0.2, -0.15) is 0 Å². The number of hydrogen-bond acceptors (Lipinski definition) is 2. The number of nitrogens with zero attached hydrogens (tertiary/aromatic N) is 1. The van der Waals surface area contributed by atoms with Gasteiger partial charge in [0.25, 0.3) is 0 Å². The van der Waals surface area contributed by atoms with E-state index in [1.165, 1.54) is 17.0 Å². The lowest BCUT2D eigenvalue weighted by Crippen LogP contribution is -2.51. The lowest BCUT2D eigenvalue weighted by molar-refractivity contribution is -0.141.